The van der Waals surface area contributed by atoms with E-state index in [1.54, 1.807) is 17.7 Å². The Morgan fingerprint density at radius 2 is 2.07 bits per heavy atom. The molecule has 0 spiro atoms. The van der Waals surface area contributed by atoms with Crippen molar-refractivity contribution in [1.29, 1.82) is 0 Å². The highest BCUT2D eigenvalue weighted by Gasteiger charge is 2.36. The first kappa shape index (κ1) is 17.1. The lowest BCUT2D eigenvalue weighted by atomic mass is 9.90. The van der Waals surface area contributed by atoms with Crippen molar-refractivity contribution in [3.05, 3.63) is 17.5 Å². The number of H-pyrrole nitrogens is 1. The largest absolute Gasteiger partial charge is 0.373 e. The summed E-state index contributed by atoms with van der Waals surface area (Å²) in [6.07, 6.45) is 2.41. The van der Waals surface area contributed by atoms with Crippen molar-refractivity contribution in [3.63, 3.8) is 0 Å². The van der Waals surface area contributed by atoms with Gasteiger partial charge in [-0.25, -0.2) is 20.8 Å². The van der Waals surface area contributed by atoms with E-state index in [4.69, 9.17) is 15.3 Å². The molecule has 0 saturated carbocycles. The zero-order chi connectivity index (χ0) is 18.6. The number of hydrogen-bond acceptors (Lipinski definition) is 8. The fraction of sp³-hybridized carbons (Fsp3) is 0.500. The number of morpholine rings is 1. The number of fused-ring (bicyclic) bond motifs is 5. The Morgan fingerprint density at radius 1 is 1.26 bits per heavy atom. The zero-order valence-electron chi connectivity index (χ0n) is 15.5. The molecule has 27 heavy (non-hydrogen) atoms. The van der Waals surface area contributed by atoms with Gasteiger partial charge >= 0.3 is 0 Å². The molecule has 9 heteroatoms. The molecule has 0 aliphatic carbocycles. The number of nitrogens with two attached hydrogens (primary N) is 1. The van der Waals surface area contributed by atoms with Crippen LogP contribution in [-0.2, 0) is 22.5 Å². The van der Waals surface area contributed by atoms with Crippen LogP contribution in [0.4, 0.5) is 11.6 Å². The van der Waals surface area contributed by atoms with Gasteiger partial charge in [0.05, 0.1) is 41.9 Å². The summed E-state index contributed by atoms with van der Waals surface area (Å²) >= 11 is 1.64. The highest BCUT2D eigenvalue weighted by Crippen LogP contribution is 2.42. The summed E-state index contributed by atoms with van der Waals surface area (Å²) in [4.78, 5) is 16.0. The Labute approximate surface area is 160 Å². The number of thiophene rings is 1. The number of nitrogens with zero attached hydrogens (tertiary/aromatic N) is 3. The van der Waals surface area contributed by atoms with Gasteiger partial charge in [0, 0.05) is 6.42 Å². The molecule has 5 rings (SSSR count). The van der Waals surface area contributed by atoms with Crippen LogP contribution in [0.15, 0.2) is 6.33 Å². The van der Waals surface area contributed by atoms with Crippen LogP contribution in [0.2, 0.25) is 0 Å². The van der Waals surface area contributed by atoms with Gasteiger partial charge in [0.25, 0.3) is 5.82 Å². The van der Waals surface area contributed by atoms with Crippen molar-refractivity contribution >= 4 is 43.4 Å². The number of hydrazine groups is 1. The van der Waals surface area contributed by atoms with E-state index in [9.17, 15) is 0 Å². The minimum atomic E-state index is -0.209. The molecular weight excluding hydrogens is 364 g/mol. The van der Waals surface area contributed by atoms with Gasteiger partial charge in [0.2, 0.25) is 0 Å². The number of nitrogen functional groups attached to an aromatic ring is 1. The van der Waals surface area contributed by atoms with Crippen LogP contribution in [0.3, 0.4) is 0 Å². The molecule has 8 nitrogen and oxygen atoms in total. The Hall–Kier alpha value is -2.07. The second-order valence-electron chi connectivity index (χ2n) is 7.61. The minimum absolute atomic E-state index is 0.209. The lowest BCUT2D eigenvalue weighted by molar-refractivity contribution is -0.329. The average Bonchev–Trinajstić information content (AvgIpc) is 3.06. The lowest BCUT2D eigenvalue weighted by Gasteiger charge is -2.33. The average molecular weight is 387 g/mol. The number of aromatic amines is 1. The van der Waals surface area contributed by atoms with E-state index in [1.807, 2.05) is 0 Å². The van der Waals surface area contributed by atoms with Gasteiger partial charge in [-0.05, 0) is 19.4 Å². The molecule has 1 saturated heterocycles. The summed E-state index contributed by atoms with van der Waals surface area (Å²) in [5.41, 5.74) is 5.97. The predicted octanol–water partition coefficient (Wildman–Crippen LogP) is 1.63. The summed E-state index contributed by atoms with van der Waals surface area (Å²) < 4.78 is 12.7. The van der Waals surface area contributed by atoms with E-state index in [0.29, 0.717) is 12.4 Å². The third-order valence-electron chi connectivity index (χ3n) is 5.33. The van der Waals surface area contributed by atoms with Gasteiger partial charge < -0.3 is 14.9 Å². The smallest absolute Gasteiger partial charge is 0.281 e. The van der Waals surface area contributed by atoms with Crippen molar-refractivity contribution < 1.29 is 14.5 Å². The number of pyridine rings is 1. The van der Waals surface area contributed by atoms with Crippen molar-refractivity contribution in [2.24, 2.45) is 5.84 Å². The topological polar surface area (TPSA) is 99.7 Å². The standard InChI is InChI=1S/C18H22N6O2S/c1-18(2)7-10-11(8-26-18)16(24-3-5-25-6-4-24)22-17-12(10)13-14(27-17)15(23-19)21-9-20-13/h9H,3-8,19H2,1-2H3,(H,20,21,23)/p+1. The van der Waals surface area contributed by atoms with Crippen molar-refractivity contribution in [2.45, 2.75) is 32.5 Å². The number of rotatable bonds is 2. The fourth-order valence-electron chi connectivity index (χ4n) is 4.01. The summed E-state index contributed by atoms with van der Waals surface area (Å²) in [5, 5.41) is 1.16. The lowest BCUT2D eigenvalue weighted by Crippen LogP contribution is -2.42. The van der Waals surface area contributed by atoms with E-state index in [0.717, 1.165) is 59.0 Å². The number of aromatic nitrogens is 3. The van der Waals surface area contributed by atoms with Crippen LogP contribution in [0.25, 0.3) is 20.4 Å². The Bertz CT molecular complexity index is 1030. The quantitative estimate of drug-likeness (QED) is 0.509. The Morgan fingerprint density at radius 3 is 2.85 bits per heavy atom. The molecule has 0 bridgehead atoms. The maximum atomic E-state index is 6.17. The first-order chi connectivity index (χ1) is 13.1. The molecule has 3 aromatic rings. The molecule has 5 heterocycles. The fourth-order valence-corrected chi connectivity index (χ4v) is 5.14. The van der Waals surface area contributed by atoms with Gasteiger partial charge in [-0.15, -0.1) is 0 Å². The van der Waals surface area contributed by atoms with Gasteiger partial charge in [0.1, 0.15) is 24.1 Å². The van der Waals surface area contributed by atoms with E-state index in [-0.39, 0.29) is 5.60 Å². The van der Waals surface area contributed by atoms with Gasteiger partial charge in [-0.1, -0.05) is 11.3 Å². The van der Waals surface area contributed by atoms with E-state index in [1.165, 1.54) is 11.1 Å². The van der Waals surface area contributed by atoms with Crippen molar-refractivity contribution in [3.8, 4) is 0 Å². The monoisotopic (exact) mass is 387 g/mol. The second-order valence-corrected chi connectivity index (χ2v) is 8.63. The summed E-state index contributed by atoms with van der Waals surface area (Å²) in [7, 11) is 0. The SMILES string of the molecule is CC1(C)Cc2c(c(N3CCOCC3)[nH+]c3sc4c(NN)ncnc4c23)CO1. The molecule has 1 fully saturated rings. The van der Waals surface area contributed by atoms with Crippen LogP contribution >= 0.6 is 11.3 Å². The molecule has 3 aromatic heterocycles. The zero-order valence-corrected chi connectivity index (χ0v) is 16.3. The van der Waals surface area contributed by atoms with Crippen molar-refractivity contribution in [2.75, 3.05) is 36.6 Å². The first-order valence-electron chi connectivity index (χ1n) is 9.15. The summed E-state index contributed by atoms with van der Waals surface area (Å²) in [6.45, 7) is 8.10. The van der Waals surface area contributed by atoms with Crippen LogP contribution in [0, 0.1) is 0 Å². The van der Waals surface area contributed by atoms with Gasteiger partial charge in [-0.3, -0.25) is 4.90 Å². The Balaban J connectivity index is 1.81. The van der Waals surface area contributed by atoms with Crippen LogP contribution in [0.1, 0.15) is 25.0 Å². The van der Waals surface area contributed by atoms with E-state index in [2.05, 4.69) is 39.1 Å². The van der Waals surface area contributed by atoms with Crippen LogP contribution in [-0.4, -0.2) is 41.9 Å². The normalized spacial score (nSPS) is 19.4. The molecule has 142 valence electrons. The van der Waals surface area contributed by atoms with E-state index >= 15 is 0 Å². The molecule has 0 radical (unpaired) electrons. The number of nitrogens with one attached hydrogen (secondary N) is 2. The van der Waals surface area contributed by atoms with Crippen molar-refractivity contribution in [1.82, 2.24) is 9.97 Å². The van der Waals surface area contributed by atoms with Crippen LogP contribution < -0.4 is 21.2 Å². The minimum Gasteiger partial charge on any atom is -0.373 e. The Kier molecular flexibility index (Phi) is 3.94. The molecule has 4 N–H and O–H groups in total. The number of hydrogen-bond donors (Lipinski definition) is 2. The van der Waals surface area contributed by atoms with Gasteiger partial charge in [-0.2, -0.15) is 0 Å². The molecule has 2 aliphatic heterocycles. The maximum absolute atomic E-state index is 6.17. The second kappa shape index (κ2) is 6.23. The van der Waals surface area contributed by atoms with E-state index < -0.39 is 0 Å². The van der Waals surface area contributed by atoms with Gasteiger partial charge in [0.15, 0.2) is 10.6 Å². The highest BCUT2D eigenvalue weighted by atomic mass is 32.1. The summed E-state index contributed by atoms with van der Waals surface area (Å²) in [6, 6.07) is 0. The highest BCUT2D eigenvalue weighted by molar-refractivity contribution is 7.25. The predicted molar refractivity (Wildman–Crippen MR) is 105 cm³/mol. The number of anilines is 2. The molecular formula is C18H23N6O2S+. The molecule has 2 aliphatic rings. The molecule has 0 amide bonds. The number of ether oxygens (including phenoxy) is 2. The molecule has 0 unspecified atom stereocenters. The first-order valence-corrected chi connectivity index (χ1v) is 9.96. The summed E-state index contributed by atoms with van der Waals surface area (Å²) in [5.74, 6) is 7.47. The third-order valence-corrected chi connectivity index (χ3v) is 6.43. The third kappa shape index (κ3) is 2.73. The van der Waals surface area contributed by atoms with Crippen LogP contribution in [0.5, 0.6) is 0 Å². The molecule has 0 aromatic carbocycles. The molecule has 0 atom stereocenters. The maximum Gasteiger partial charge on any atom is 0.281 e.